The fourth-order valence-electron chi connectivity index (χ4n) is 2.34. The lowest BCUT2D eigenvalue weighted by Crippen LogP contribution is -2.53. The molecule has 2 atom stereocenters. The van der Waals surface area contributed by atoms with E-state index in [9.17, 15) is 27.3 Å². The fraction of sp³-hybridized carbons (Fsp3) is 0.579. The first kappa shape index (κ1) is 26.9. The van der Waals surface area contributed by atoms with Crippen LogP contribution in [0.1, 0.15) is 40.2 Å². The van der Waals surface area contributed by atoms with Gasteiger partial charge in [0.2, 0.25) is 11.7 Å². The number of alkyl carbamates (subject to hydrolysis) is 1. The van der Waals surface area contributed by atoms with Crippen molar-refractivity contribution in [1.29, 1.82) is 0 Å². The monoisotopic (exact) mass is 468 g/mol. The molecule has 2 N–H and O–H groups in total. The molecule has 12 heteroatoms. The molecule has 0 saturated carbocycles. The third-order valence-corrected chi connectivity index (χ3v) is 6.05. The van der Waals surface area contributed by atoms with E-state index < -0.39 is 49.8 Å². The van der Waals surface area contributed by atoms with Crippen molar-refractivity contribution < 1.29 is 41.1 Å². The number of hydrogen-bond donors (Lipinski definition) is 2. The van der Waals surface area contributed by atoms with E-state index in [1.807, 2.05) is 0 Å². The molecule has 31 heavy (non-hydrogen) atoms. The molecule has 0 aliphatic rings. The molecule has 0 aromatic heterocycles. The highest BCUT2D eigenvalue weighted by Gasteiger charge is 2.56. The van der Waals surface area contributed by atoms with Crippen LogP contribution in [0.3, 0.4) is 0 Å². The van der Waals surface area contributed by atoms with Crippen LogP contribution in [-0.4, -0.2) is 42.2 Å². The molecule has 176 valence electrons. The summed E-state index contributed by atoms with van der Waals surface area (Å²) < 4.78 is 68.8. The van der Waals surface area contributed by atoms with Crippen molar-refractivity contribution in [2.75, 3.05) is 0 Å². The quantitative estimate of drug-likeness (QED) is 0.495. The molecule has 8 nitrogen and oxygen atoms in total. The molecule has 0 saturated heterocycles. The van der Waals surface area contributed by atoms with Crippen LogP contribution in [-0.2, 0) is 29.8 Å². The molecule has 1 rings (SSSR count). The van der Waals surface area contributed by atoms with Gasteiger partial charge < -0.3 is 24.4 Å². The van der Waals surface area contributed by atoms with Gasteiger partial charge in [-0.2, -0.15) is 13.2 Å². The second-order valence-electron chi connectivity index (χ2n) is 7.23. The summed E-state index contributed by atoms with van der Waals surface area (Å²) in [7, 11) is -4.84. The van der Waals surface area contributed by atoms with E-state index in [1.165, 1.54) is 27.7 Å². The van der Waals surface area contributed by atoms with E-state index in [4.69, 9.17) is 13.8 Å². The highest BCUT2D eigenvalue weighted by molar-refractivity contribution is 7.54. The van der Waals surface area contributed by atoms with Gasteiger partial charge in [0.25, 0.3) is 0 Å². The number of carbonyl (C=O) groups is 2. The number of alkyl halides is 3. The third kappa shape index (κ3) is 9.28. The van der Waals surface area contributed by atoms with Crippen LogP contribution in [0, 0.1) is 0 Å². The number of rotatable bonds is 10. The zero-order valence-electron chi connectivity index (χ0n) is 17.9. The SMILES string of the molecule is CC(C)OP(=O)(OC(C)C)[C@@H](NC(=O)[C@H](C)NC(=O)OCc1ccccc1)C(F)(F)F. The van der Waals surface area contributed by atoms with Gasteiger partial charge >= 0.3 is 19.9 Å². The minimum atomic E-state index is -5.14. The predicted molar refractivity (Wildman–Crippen MR) is 107 cm³/mol. The Morgan fingerprint density at radius 1 is 0.968 bits per heavy atom. The van der Waals surface area contributed by atoms with Crippen molar-refractivity contribution in [1.82, 2.24) is 10.6 Å². The topological polar surface area (TPSA) is 103 Å². The first-order valence-electron chi connectivity index (χ1n) is 9.55. The van der Waals surface area contributed by atoms with Crippen LogP contribution >= 0.6 is 7.60 Å². The predicted octanol–water partition coefficient (Wildman–Crippen LogP) is 4.35. The molecule has 0 fully saturated rings. The number of halogens is 3. The molecule has 0 radical (unpaired) electrons. The van der Waals surface area contributed by atoms with Gasteiger partial charge in [-0.05, 0) is 40.2 Å². The Kier molecular flexibility index (Phi) is 9.99. The van der Waals surface area contributed by atoms with E-state index in [-0.39, 0.29) is 6.61 Å². The Labute approximate surface area is 179 Å². The average Bonchev–Trinajstić information content (AvgIpc) is 2.62. The maximum Gasteiger partial charge on any atom is 0.420 e. The van der Waals surface area contributed by atoms with Crippen molar-refractivity contribution in [3.8, 4) is 0 Å². The van der Waals surface area contributed by atoms with Gasteiger partial charge in [-0.3, -0.25) is 9.36 Å². The molecule has 0 aliphatic carbocycles. The van der Waals surface area contributed by atoms with Crippen molar-refractivity contribution in [3.05, 3.63) is 35.9 Å². The van der Waals surface area contributed by atoms with Gasteiger partial charge in [-0.25, -0.2) is 4.79 Å². The lowest BCUT2D eigenvalue weighted by atomic mass is 10.2. The number of amides is 2. The summed E-state index contributed by atoms with van der Waals surface area (Å²) in [5.41, 5.74) is 0.685. The molecule has 0 heterocycles. The fourth-order valence-corrected chi connectivity index (χ4v) is 4.45. The van der Waals surface area contributed by atoms with Gasteiger partial charge in [-0.15, -0.1) is 0 Å². The highest BCUT2D eigenvalue weighted by atomic mass is 31.2. The maximum atomic E-state index is 13.7. The summed E-state index contributed by atoms with van der Waals surface area (Å²) in [6.45, 7) is 6.62. The van der Waals surface area contributed by atoms with Gasteiger partial charge in [0.1, 0.15) is 12.6 Å². The smallest absolute Gasteiger partial charge is 0.420 e. The number of ether oxygens (including phenoxy) is 1. The van der Waals surface area contributed by atoms with Gasteiger partial charge in [0, 0.05) is 0 Å². The maximum absolute atomic E-state index is 13.7. The van der Waals surface area contributed by atoms with E-state index in [0.29, 0.717) is 5.56 Å². The molecular formula is C19H28F3N2O6P. The van der Waals surface area contributed by atoms with Crippen LogP contribution < -0.4 is 10.6 Å². The molecule has 0 aliphatic heterocycles. The van der Waals surface area contributed by atoms with Crippen LogP contribution in [0.2, 0.25) is 0 Å². The second-order valence-corrected chi connectivity index (χ2v) is 9.25. The summed E-state index contributed by atoms with van der Waals surface area (Å²) in [6, 6.07) is 7.25. The van der Waals surface area contributed by atoms with Crippen molar-refractivity contribution in [3.63, 3.8) is 0 Å². The van der Waals surface area contributed by atoms with E-state index in [1.54, 1.807) is 35.6 Å². The van der Waals surface area contributed by atoms with Gasteiger partial charge in [-0.1, -0.05) is 30.3 Å². The normalized spacial score (nSPS) is 14.3. The molecule has 1 aromatic carbocycles. The van der Waals surface area contributed by atoms with Crippen molar-refractivity contribution in [2.24, 2.45) is 0 Å². The Hall–Kier alpha value is -2.10. The van der Waals surface area contributed by atoms with E-state index >= 15 is 0 Å². The second kappa shape index (κ2) is 11.5. The summed E-state index contributed by atoms with van der Waals surface area (Å²) in [5.74, 6) is -4.15. The van der Waals surface area contributed by atoms with E-state index in [2.05, 4.69) is 5.32 Å². The Balaban J connectivity index is 2.85. The average molecular weight is 468 g/mol. The largest absolute Gasteiger partial charge is 0.445 e. The van der Waals surface area contributed by atoms with Crippen LogP contribution in [0.15, 0.2) is 30.3 Å². The summed E-state index contributed by atoms with van der Waals surface area (Å²) >= 11 is 0. The summed E-state index contributed by atoms with van der Waals surface area (Å²) in [6.07, 6.45) is -7.87. The first-order valence-corrected chi connectivity index (χ1v) is 11.2. The number of hydrogen-bond acceptors (Lipinski definition) is 6. The lowest BCUT2D eigenvalue weighted by Gasteiger charge is -2.32. The highest BCUT2D eigenvalue weighted by Crippen LogP contribution is 2.58. The molecule has 0 bridgehead atoms. The molecular weight excluding hydrogens is 440 g/mol. The molecule has 2 amide bonds. The Morgan fingerprint density at radius 2 is 1.48 bits per heavy atom. The minimum Gasteiger partial charge on any atom is -0.445 e. The Bertz CT molecular complexity index is 760. The standard InChI is InChI=1S/C19H28F3N2O6P/c1-12(2)29-31(27,30-13(3)4)17(19(20,21)22)24-16(25)14(5)23-18(26)28-11-15-9-7-6-8-10-15/h6-10,12-14,17H,11H2,1-5H3,(H,23,26)(H,24,25)/t14-,17+/m0/s1. The van der Waals surface area contributed by atoms with Gasteiger partial charge in [0.15, 0.2) is 0 Å². The number of benzene rings is 1. The third-order valence-electron chi connectivity index (χ3n) is 3.56. The van der Waals surface area contributed by atoms with Crippen molar-refractivity contribution >= 4 is 19.6 Å². The summed E-state index contributed by atoms with van der Waals surface area (Å²) in [5, 5.41) is 3.77. The first-order chi connectivity index (χ1) is 14.2. The zero-order valence-corrected chi connectivity index (χ0v) is 18.8. The van der Waals surface area contributed by atoms with Crippen LogP contribution in [0.25, 0.3) is 0 Å². The molecule has 0 unspecified atom stereocenters. The van der Waals surface area contributed by atoms with Crippen LogP contribution in [0.4, 0.5) is 18.0 Å². The van der Waals surface area contributed by atoms with E-state index in [0.717, 1.165) is 6.92 Å². The number of nitrogens with one attached hydrogen (secondary N) is 2. The van der Waals surface area contributed by atoms with Crippen LogP contribution in [0.5, 0.6) is 0 Å². The van der Waals surface area contributed by atoms with Crippen molar-refractivity contribution in [2.45, 2.75) is 71.4 Å². The molecule has 0 spiro atoms. The Morgan fingerprint density at radius 3 is 1.94 bits per heavy atom. The minimum absolute atomic E-state index is 0.0914. The van der Waals surface area contributed by atoms with Gasteiger partial charge in [0.05, 0.1) is 12.2 Å². The zero-order chi connectivity index (χ0) is 23.8. The summed E-state index contributed by atoms with van der Waals surface area (Å²) in [4.78, 5) is 24.2. The number of carbonyl (C=O) groups excluding carboxylic acids is 2. The lowest BCUT2D eigenvalue weighted by molar-refractivity contribution is -0.151. The molecule has 1 aromatic rings.